The van der Waals surface area contributed by atoms with E-state index in [0.717, 1.165) is 6.07 Å². The van der Waals surface area contributed by atoms with Crippen LogP contribution in [0.25, 0.3) is 0 Å². The predicted octanol–water partition coefficient (Wildman–Crippen LogP) is 1.81. The Bertz CT molecular complexity index is 686. The lowest BCUT2D eigenvalue weighted by Crippen LogP contribution is -2.09. The number of aliphatic imine (C=N–C) groups is 1. The van der Waals surface area contributed by atoms with Crippen LogP contribution in [0.4, 0.5) is 15.8 Å². The summed E-state index contributed by atoms with van der Waals surface area (Å²) in [6.45, 7) is 1.40. The summed E-state index contributed by atoms with van der Waals surface area (Å²) in [7, 11) is -3.71. The van der Waals surface area contributed by atoms with Gasteiger partial charge in [0.15, 0.2) is 15.7 Å². The van der Waals surface area contributed by atoms with Gasteiger partial charge in [-0.3, -0.25) is 0 Å². The first kappa shape index (κ1) is 14.3. The molecule has 18 heavy (non-hydrogen) atoms. The number of nitrogens with two attached hydrogens (primary N) is 1. The number of nitriles is 1. The van der Waals surface area contributed by atoms with E-state index in [4.69, 9.17) is 11.0 Å². The first-order valence-corrected chi connectivity index (χ1v) is 6.77. The zero-order valence-corrected chi connectivity index (χ0v) is 10.9. The van der Waals surface area contributed by atoms with Gasteiger partial charge >= 0.3 is 0 Å². The molecule has 0 saturated carbocycles. The lowest BCUT2D eigenvalue weighted by Gasteiger charge is -2.09. The Morgan fingerprint density at radius 3 is 2.67 bits per heavy atom. The minimum absolute atomic E-state index is 0.243. The fourth-order valence-electron chi connectivity index (χ4n) is 1.29. The molecule has 94 valence electrons. The summed E-state index contributed by atoms with van der Waals surface area (Å²) in [6, 6.07) is 2.52. The molecule has 0 aliphatic rings. The second-order valence-electron chi connectivity index (χ2n) is 3.21. The highest BCUT2D eigenvalue weighted by Gasteiger charge is 2.23. The van der Waals surface area contributed by atoms with E-state index >= 15 is 0 Å². The van der Waals surface area contributed by atoms with Gasteiger partial charge in [0.05, 0.1) is 27.1 Å². The number of nitrogens with zero attached hydrogens (tertiary/aromatic N) is 2. The highest BCUT2D eigenvalue weighted by molar-refractivity contribution is 7.91. The van der Waals surface area contributed by atoms with Crippen LogP contribution in [0.15, 0.2) is 16.0 Å². The molecule has 0 unspecified atom stereocenters. The monoisotopic (exact) mass is 285 g/mol. The summed E-state index contributed by atoms with van der Waals surface area (Å²) < 4.78 is 37.2. The van der Waals surface area contributed by atoms with Crippen molar-refractivity contribution in [2.24, 2.45) is 4.99 Å². The largest absolute Gasteiger partial charge is 0.395 e. The van der Waals surface area contributed by atoms with Crippen molar-refractivity contribution in [1.82, 2.24) is 0 Å². The summed E-state index contributed by atoms with van der Waals surface area (Å²) in [5.41, 5.74) is 4.06. The first-order chi connectivity index (χ1) is 8.38. The van der Waals surface area contributed by atoms with Crippen molar-refractivity contribution in [3.05, 3.63) is 17.4 Å². The average molecular weight is 285 g/mol. The Labute approximate surface area is 109 Å². The molecular formula is C10H8FN3O2S2. The molecule has 2 N–H and O–H groups in total. The molecule has 0 aromatic heterocycles. The van der Waals surface area contributed by atoms with E-state index in [0.29, 0.717) is 0 Å². The Hall–Kier alpha value is -1.81. The second-order valence-corrected chi connectivity index (χ2v) is 5.64. The third-order valence-corrected chi connectivity index (χ3v) is 4.08. The SMILES string of the molecule is CCS(=O)(=O)c1cc(N=C=S)c(F)c(N)c1C#N. The predicted molar refractivity (Wildman–Crippen MR) is 67.9 cm³/mol. The number of sulfone groups is 1. The average Bonchev–Trinajstić information content (AvgIpc) is 2.35. The standard InChI is InChI=1S/C10H8FN3O2S2/c1-2-18(15,16)8-3-7(14-5-17)9(11)10(13)6(8)4-12/h3H,2,13H2,1H3. The maximum atomic E-state index is 13.7. The van der Waals surface area contributed by atoms with Gasteiger partial charge in [-0.05, 0) is 18.3 Å². The van der Waals surface area contributed by atoms with Crippen LogP contribution in [-0.4, -0.2) is 19.3 Å². The molecule has 0 atom stereocenters. The number of nitrogen functional groups attached to an aromatic ring is 1. The number of hydrogen-bond donors (Lipinski definition) is 1. The van der Waals surface area contributed by atoms with Gasteiger partial charge in [0, 0.05) is 0 Å². The molecule has 0 aliphatic carbocycles. The summed E-state index contributed by atoms with van der Waals surface area (Å²) >= 11 is 4.32. The zero-order valence-electron chi connectivity index (χ0n) is 9.27. The number of thiocarbonyl (C=S) groups is 1. The molecule has 0 bridgehead atoms. The number of halogens is 1. The number of anilines is 1. The van der Waals surface area contributed by atoms with E-state index < -0.39 is 26.9 Å². The van der Waals surface area contributed by atoms with Crippen molar-refractivity contribution in [2.75, 3.05) is 11.5 Å². The van der Waals surface area contributed by atoms with Crippen molar-refractivity contribution in [3.8, 4) is 6.07 Å². The summed E-state index contributed by atoms with van der Waals surface area (Å²) in [5, 5.41) is 10.8. The van der Waals surface area contributed by atoms with Gasteiger partial charge in [-0.1, -0.05) is 6.92 Å². The quantitative estimate of drug-likeness (QED) is 0.395. The molecule has 0 amide bonds. The third kappa shape index (κ3) is 2.38. The molecule has 0 saturated heterocycles. The van der Waals surface area contributed by atoms with Crippen molar-refractivity contribution in [1.29, 1.82) is 5.26 Å². The molecule has 5 nitrogen and oxygen atoms in total. The summed E-state index contributed by atoms with van der Waals surface area (Å²) in [4.78, 5) is 3.04. The minimum atomic E-state index is -3.71. The Morgan fingerprint density at radius 2 is 2.22 bits per heavy atom. The van der Waals surface area contributed by atoms with E-state index in [2.05, 4.69) is 17.2 Å². The number of isothiocyanates is 1. The van der Waals surface area contributed by atoms with Gasteiger partial charge < -0.3 is 5.73 Å². The Kier molecular flexibility index (Phi) is 4.14. The van der Waals surface area contributed by atoms with Crippen LogP contribution in [0.5, 0.6) is 0 Å². The van der Waals surface area contributed by atoms with Crippen LogP contribution in [0.2, 0.25) is 0 Å². The topological polar surface area (TPSA) is 96.3 Å². The highest BCUT2D eigenvalue weighted by atomic mass is 32.2. The molecule has 1 aromatic rings. The zero-order chi connectivity index (χ0) is 13.9. The van der Waals surface area contributed by atoms with Gasteiger partial charge in [0.2, 0.25) is 0 Å². The van der Waals surface area contributed by atoms with Gasteiger partial charge in [-0.2, -0.15) is 10.3 Å². The van der Waals surface area contributed by atoms with Crippen LogP contribution < -0.4 is 5.73 Å². The molecule has 0 aliphatic heterocycles. The van der Waals surface area contributed by atoms with Crippen LogP contribution in [-0.2, 0) is 9.84 Å². The fourth-order valence-corrected chi connectivity index (χ4v) is 2.45. The molecule has 0 radical (unpaired) electrons. The van der Waals surface area contributed by atoms with Crippen LogP contribution in [0.1, 0.15) is 12.5 Å². The van der Waals surface area contributed by atoms with Crippen LogP contribution >= 0.6 is 12.2 Å². The molecule has 8 heteroatoms. The second kappa shape index (κ2) is 5.23. The van der Waals surface area contributed by atoms with Gasteiger partial charge in [0.1, 0.15) is 11.8 Å². The smallest absolute Gasteiger partial charge is 0.179 e. The lowest BCUT2D eigenvalue weighted by molar-refractivity contribution is 0.596. The van der Waals surface area contributed by atoms with Gasteiger partial charge in [0.25, 0.3) is 0 Å². The summed E-state index contributed by atoms with van der Waals surface area (Å²) in [5.74, 6) is -1.23. The van der Waals surface area contributed by atoms with Crippen molar-refractivity contribution in [3.63, 3.8) is 0 Å². The van der Waals surface area contributed by atoms with Gasteiger partial charge in [-0.15, -0.1) is 0 Å². The van der Waals surface area contributed by atoms with Crippen molar-refractivity contribution >= 4 is 38.6 Å². The normalized spacial score (nSPS) is 10.5. The van der Waals surface area contributed by atoms with E-state index in [1.54, 1.807) is 6.07 Å². The van der Waals surface area contributed by atoms with Gasteiger partial charge in [-0.25, -0.2) is 12.8 Å². The van der Waals surface area contributed by atoms with Crippen LogP contribution in [0, 0.1) is 17.1 Å². The third-order valence-electron chi connectivity index (χ3n) is 2.24. The number of hydrogen-bond acceptors (Lipinski definition) is 6. The maximum absolute atomic E-state index is 13.7. The number of rotatable bonds is 3. The molecule has 1 rings (SSSR count). The molecule has 0 fully saturated rings. The van der Waals surface area contributed by atoms with E-state index in [1.807, 2.05) is 5.16 Å². The van der Waals surface area contributed by atoms with Crippen molar-refractivity contribution < 1.29 is 12.8 Å². The lowest BCUT2D eigenvalue weighted by atomic mass is 10.1. The van der Waals surface area contributed by atoms with E-state index in [-0.39, 0.29) is 16.3 Å². The summed E-state index contributed by atoms with van der Waals surface area (Å²) in [6.07, 6.45) is 0. The maximum Gasteiger partial charge on any atom is 0.179 e. The minimum Gasteiger partial charge on any atom is -0.395 e. The van der Waals surface area contributed by atoms with Crippen molar-refractivity contribution in [2.45, 2.75) is 11.8 Å². The molecule has 0 spiro atoms. The first-order valence-electron chi connectivity index (χ1n) is 4.71. The van der Waals surface area contributed by atoms with Crippen LogP contribution in [0.3, 0.4) is 0 Å². The number of benzene rings is 1. The van der Waals surface area contributed by atoms with E-state index in [9.17, 15) is 12.8 Å². The van der Waals surface area contributed by atoms with E-state index in [1.165, 1.54) is 6.92 Å². The molecule has 0 heterocycles. The molecular weight excluding hydrogens is 277 g/mol. The molecule has 1 aromatic carbocycles. The fraction of sp³-hybridized carbons (Fsp3) is 0.200. The Morgan fingerprint density at radius 1 is 1.61 bits per heavy atom. The Balaban J connectivity index is 3.83. The highest BCUT2D eigenvalue weighted by Crippen LogP contribution is 2.32.